The third-order valence-corrected chi connectivity index (χ3v) is 3.51. The van der Waals surface area contributed by atoms with Gasteiger partial charge in [-0.2, -0.15) is 0 Å². The summed E-state index contributed by atoms with van der Waals surface area (Å²) in [6.07, 6.45) is 2.72. The molecule has 0 aliphatic heterocycles. The molecule has 0 aliphatic rings. The molecular weight excluding hydrogens is 307 g/mol. The monoisotopic (exact) mass is 318 g/mol. The fourth-order valence-corrected chi connectivity index (χ4v) is 2.27. The summed E-state index contributed by atoms with van der Waals surface area (Å²) in [7, 11) is -2.52. The standard InChI is InChI=1S/C11H11N4O3S.K/c1-18-11-10(13-6-7-14-11)15-19(16,17)9-4-2-8(12)3-5-9;/h2-7H,12H2,1H3;/q-1;+1. The fraction of sp³-hybridized carbons (Fsp3) is 0.0909. The van der Waals surface area contributed by atoms with Crippen molar-refractivity contribution in [3.05, 3.63) is 41.4 Å². The molecule has 0 amide bonds. The van der Waals surface area contributed by atoms with Crippen LogP contribution >= 0.6 is 0 Å². The molecule has 20 heavy (non-hydrogen) atoms. The van der Waals surface area contributed by atoms with Crippen LogP contribution in [0.2, 0.25) is 0 Å². The molecule has 1 heterocycles. The quantitative estimate of drug-likeness (QED) is 0.541. The summed E-state index contributed by atoms with van der Waals surface area (Å²) in [5.41, 5.74) is 5.97. The van der Waals surface area contributed by atoms with Crippen LogP contribution in [0.5, 0.6) is 5.88 Å². The molecule has 2 N–H and O–H groups in total. The molecule has 2 rings (SSSR count). The van der Waals surface area contributed by atoms with E-state index in [2.05, 4.69) is 14.7 Å². The molecule has 0 aliphatic carbocycles. The Balaban J connectivity index is 0.00000200. The molecule has 2 aromatic rings. The Morgan fingerprint density at radius 2 is 1.75 bits per heavy atom. The molecule has 0 unspecified atom stereocenters. The molecule has 0 saturated heterocycles. The zero-order valence-electron chi connectivity index (χ0n) is 11.0. The number of benzene rings is 1. The Kier molecular flexibility index (Phi) is 6.36. The van der Waals surface area contributed by atoms with Gasteiger partial charge in [-0.3, -0.25) is 0 Å². The van der Waals surface area contributed by atoms with Gasteiger partial charge in [-0.15, -0.1) is 0 Å². The van der Waals surface area contributed by atoms with Gasteiger partial charge in [0.2, 0.25) is 15.9 Å². The summed E-state index contributed by atoms with van der Waals surface area (Å²) in [4.78, 5) is 7.67. The van der Waals surface area contributed by atoms with Crippen LogP contribution in [0.25, 0.3) is 4.72 Å². The first-order valence-corrected chi connectivity index (χ1v) is 6.65. The van der Waals surface area contributed by atoms with E-state index in [0.717, 1.165) is 0 Å². The Morgan fingerprint density at radius 1 is 1.15 bits per heavy atom. The maximum atomic E-state index is 12.1. The zero-order chi connectivity index (χ0) is 13.9. The number of nitrogen functional groups attached to an aromatic ring is 1. The number of aromatic nitrogens is 2. The van der Waals surface area contributed by atoms with Crippen LogP contribution in [0.15, 0.2) is 41.6 Å². The predicted molar refractivity (Wildman–Crippen MR) is 69.6 cm³/mol. The first kappa shape index (κ1) is 17.3. The summed E-state index contributed by atoms with van der Waals surface area (Å²) in [6, 6.07) is 5.71. The molecule has 1 aromatic heterocycles. The number of rotatable bonds is 4. The molecular formula is C11H11KN4O3S. The van der Waals surface area contributed by atoms with Crippen molar-refractivity contribution in [3.8, 4) is 5.88 Å². The third-order valence-electron chi connectivity index (χ3n) is 2.22. The zero-order valence-corrected chi connectivity index (χ0v) is 15.0. The van der Waals surface area contributed by atoms with Crippen LogP contribution in [0.1, 0.15) is 0 Å². The van der Waals surface area contributed by atoms with Crippen molar-refractivity contribution in [2.24, 2.45) is 0 Å². The summed E-state index contributed by atoms with van der Waals surface area (Å²) in [5.74, 6) is -0.0525. The predicted octanol–water partition coefficient (Wildman–Crippen LogP) is -1.53. The minimum atomic E-state index is -3.88. The minimum absolute atomic E-state index is 0. The van der Waals surface area contributed by atoms with E-state index < -0.39 is 10.0 Å². The number of nitrogens with zero attached hydrogens (tertiary/aromatic N) is 3. The van der Waals surface area contributed by atoms with Crippen LogP contribution < -0.4 is 61.9 Å². The van der Waals surface area contributed by atoms with Crippen molar-refractivity contribution in [3.63, 3.8) is 0 Å². The molecule has 0 radical (unpaired) electrons. The fourth-order valence-electron chi connectivity index (χ4n) is 1.33. The van der Waals surface area contributed by atoms with Gasteiger partial charge in [0.25, 0.3) is 0 Å². The van der Waals surface area contributed by atoms with Gasteiger partial charge in [0, 0.05) is 17.7 Å². The largest absolute Gasteiger partial charge is 1.00 e. The maximum Gasteiger partial charge on any atom is 1.00 e. The van der Waals surface area contributed by atoms with Crippen LogP contribution in [-0.4, -0.2) is 25.5 Å². The number of ether oxygens (including phenoxy) is 1. The number of nitrogens with two attached hydrogens (primary N) is 1. The maximum absolute atomic E-state index is 12.1. The van der Waals surface area contributed by atoms with Gasteiger partial charge in [-0.25, -0.2) is 13.4 Å². The van der Waals surface area contributed by atoms with E-state index >= 15 is 0 Å². The average molecular weight is 318 g/mol. The van der Waals surface area contributed by atoms with Crippen LogP contribution in [0.3, 0.4) is 0 Å². The van der Waals surface area contributed by atoms with Gasteiger partial charge < -0.3 is 20.2 Å². The molecule has 0 spiro atoms. The average Bonchev–Trinajstić information content (AvgIpc) is 2.39. The van der Waals surface area contributed by atoms with Gasteiger partial charge in [0.05, 0.1) is 12.0 Å². The van der Waals surface area contributed by atoms with E-state index in [9.17, 15) is 8.42 Å². The Hall–Kier alpha value is -0.714. The van der Waals surface area contributed by atoms with E-state index in [4.69, 9.17) is 10.5 Å². The number of hydrogen-bond donors (Lipinski definition) is 1. The Morgan fingerprint density at radius 3 is 2.35 bits per heavy atom. The second-order valence-electron chi connectivity index (χ2n) is 3.52. The summed E-state index contributed by atoms with van der Waals surface area (Å²) < 4.78 is 32.6. The molecule has 0 bridgehead atoms. The van der Waals surface area contributed by atoms with Crippen LogP contribution in [0, 0.1) is 0 Å². The SMILES string of the molecule is COc1nccnc1[N-]S(=O)(=O)c1ccc(N)cc1.[K+]. The molecule has 0 saturated carbocycles. The number of anilines is 1. The van der Waals surface area contributed by atoms with Gasteiger partial charge in [0.15, 0.2) is 0 Å². The summed E-state index contributed by atoms with van der Waals surface area (Å²) >= 11 is 0. The molecule has 7 nitrogen and oxygen atoms in total. The van der Waals surface area contributed by atoms with Gasteiger partial charge in [-0.05, 0) is 24.3 Å². The second-order valence-corrected chi connectivity index (χ2v) is 5.13. The van der Waals surface area contributed by atoms with Crippen molar-refractivity contribution < 1.29 is 64.5 Å². The van der Waals surface area contributed by atoms with Crippen molar-refractivity contribution in [1.29, 1.82) is 0 Å². The van der Waals surface area contributed by atoms with Gasteiger partial charge >= 0.3 is 51.4 Å². The van der Waals surface area contributed by atoms with Gasteiger partial charge in [0.1, 0.15) is 0 Å². The van der Waals surface area contributed by atoms with Gasteiger partial charge in [-0.1, -0.05) is 6.20 Å². The molecule has 100 valence electrons. The Bertz CT molecular complexity index is 676. The Labute approximate surface area is 159 Å². The topological polar surface area (TPSA) is 109 Å². The molecule has 0 atom stereocenters. The second kappa shape index (κ2) is 7.34. The minimum Gasteiger partial charge on any atom is -0.481 e. The van der Waals surface area contributed by atoms with Crippen molar-refractivity contribution in [2.75, 3.05) is 12.8 Å². The van der Waals surface area contributed by atoms with Crippen LogP contribution in [-0.2, 0) is 10.0 Å². The molecule has 0 fully saturated rings. The van der Waals surface area contributed by atoms with E-state index in [-0.39, 0.29) is 68.0 Å². The smallest absolute Gasteiger partial charge is 0.481 e. The molecule has 9 heteroatoms. The van der Waals surface area contributed by atoms with Crippen molar-refractivity contribution in [2.45, 2.75) is 4.90 Å². The normalized spacial score (nSPS) is 10.4. The third kappa shape index (κ3) is 4.14. The van der Waals surface area contributed by atoms with E-state index in [1.54, 1.807) is 0 Å². The van der Waals surface area contributed by atoms with E-state index in [0.29, 0.717) is 5.69 Å². The first-order valence-electron chi connectivity index (χ1n) is 5.21. The number of sulfonamides is 1. The van der Waals surface area contributed by atoms with Crippen LogP contribution in [0.4, 0.5) is 11.5 Å². The first-order chi connectivity index (χ1) is 9.03. The summed E-state index contributed by atoms with van der Waals surface area (Å²) in [5, 5.41) is 0. The van der Waals surface area contributed by atoms with E-state index in [1.165, 1.54) is 43.8 Å². The van der Waals surface area contributed by atoms with E-state index in [1.807, 2.05) is 0 Å². The number of methoxy groups -OCH3 is 1. The molecule has 1 aromatic carbocycles. The number of hydrogen-bond acceptors (Lipinski definition) is 6. The van der Waals surface area contributed by atoms with Crippen molar-refractivity contribution in [1.82, 2.24) is 9.97 Å². The van der Waals surface area contributed by atoms with Crippen molar-refractivity contribution >= 4 is 21.5 Å². The summed E-state index contributed by atoms with van der Waals surface area (Å²) in [6.45, 7) is 0.